The predicted molar refractivity (Wildman–Crippen MR) is 88.0 cm³/mol. The number of hydrogen-bond acceptors (Lipinski definition) is 5. The summed E-state index contributed by atoms with van der Waals surface area (Å²) in [6.45, 7) is 6.72. The first-order valence-electron chi connectivity index (χ1n) is 7.14. The Kier molecular flexibility index (Phi) is 4.61. The van der Waals surface area contributed by atoms with Crippen molar-refractivity contribution in [1.29, 1.82) is 0 Å². The number of amides is 1. The van der Waals surface area contributed by atoms with E-state index >= 15 is 0 Å². The maximum Gasteiger partial charge on any atom is 0.294 e. The third-order valence-corrected chi connectivity index (χ3v) is 5.91. The summed E-state index contributed by atoms with van der Waals surface area (Å²) >= 11 is 0. The largest absolute Gasteiger partial charge is 0.351 e. The normalized spacial score (nSPS) is 12.2. The van der Waals surface area contributed by atoms with Crippen molar-refractivity contribution in [3.63, 3.8) is 0 Å². The summed E-state index contributed by atoms with van der Waals surface area (Å²) in [5, 5.41) is 6.33. The lowest BCUT2D eigenvalue weighted by molar-refractivity contribution is 0.0988. The molecule has 0 aliphatic heterocycles. The summed E-state index contributed by atoms with van der Waals surface area (Å²) < 4.78 is 28.6. The first-order chi connectivity index (χ1) is 10.6. The molecule has 124 valence electrons. The van der Waals surface area contributed by atoms with Gasteiger partial charge in [0.25, 0.3) is 5.91 Å². The minimum atomic E-state index is -3.29. The van der Waals surface area contributed by atoms with Crippen LogP contribution < -0.4 is 5.32 Å². The van der Waals surface area contributed by atoms with Gasteiger partial charge in [0, 0.05) is 11.8 Å². The Morgan fingerprint density at radius 3 is 2.52 bits per heavy atom. The fourth-order valence-electron chi connectivity index (χ4n) is 1.84. The summed E-state index contributed by atoms with van der Waals surface area (Å²) in [4.78, 5) is 12.0. The fraction of sp³-hybridized carbons (Fsp3) is 0.375. The summed E-state index contributed by atoms with van der Waals surface area (Å²) in [6, 6.07) is 8.29. The molecule has 1 N–H and O–H groups in total. The van der Waals surface area contributed by atoms with E-state index in [4.69, 9.17) is 4.52 Å². The Morgan fingerprint density at radius 1 is 1.26 bits per heavy atom. The van der Waals surface area contributed by atoms with Crippen molar-refractivity contribution in [3.05, 3.63) is 47.3 Å². The highest BCUT2D eigenvalue weighted by Gasteiger charge is 2.29. The maximum absolute atomic E-state index is 12.3. The smallest absolute Gasteiger partial charge is 0.294 e. The van der Waals surface area contributed by atoms with Gasteiger partial charge in [-0.3, -0.25) is 4.79 Å². The predicted octanol–water partition coefficient (Wildman–Crippen LogP) is 2.95. The van der Waals surface area contributed by atoms with E-state index in [-0.39, 0.29) is 11.5 Å². The minimum Gasteiger partial charge on any atom is -0.351 e. The molecule has 0 aliphatic rings. The Hall–Kier alpha value is -2.15. The van der Waals surface area contributed by atoms with Crippen molar-refractivity contribution in [3.8, 4) is 0 Å². The molecule has 2 aromatic rings. The van der Waals surface area contributed by atoms with E-state index < -0.39 is 20.5 Å². The second-order valence-electron chi connectivity index (χ2n) is 6.36. The van der Waals surface area contributed by atoms with Crippen LogP contribution in [-0.2, 0) is 15.6 Å². The third-order valence-electron chi connectivity index (χ3n) is 3.33. The highest BCUT2D eigenvalue weighted by atomic mass is 32.2. The molecule has 1 amide bonds. The van der Waals surface area contributed by atoms with Crippen LogP contribution in [-0.4, -0.2) is 24.2 Å². The molecule has 1 aromatic heterocycles. The lowest BCUT2D eigenvalue weighted by Gasteiger charge is -2.19. The van der Waals surface area contributed by atoms with Crippen LogP contribution in [0.1, 0.15) is 42.6 Å². The van der Waals surface area contributed by atoms with Crippen molar-refractivity contribution < 1.29 is 17.7 Å². The molecular weight excluding hydrogens is 316 g/mol. The molecular formula is C16H20N2O4S. The van der Waals surface area contributed by atoms with Gasteiger partial charge in [0.15, 0.2) is 9.84 Å². The number of nitrogens with one attached hydrogen (secondary N) is 1. The van der Waals surface area contributed by atoms with Crippen LogP contribution in [0.5, 0.6) is 0 Å². The zero-order valence-electron chi connectivity index (χ0n) is 13.6. The van der Waals surface area contributed by atoms with E-state index in [2.05, 4.69) is 10.5 Å². The van der Waals surface area contributed by atoms with Gasteiger partial charge >= 0.3 is 0 Å². The van der Waals surface area contributed by atoms with Crippen LogP contribution in [0.2, 0.25) is 0 Å². The molecule has 0 aliphatic carbocycles. The molecule has 0 radical (unpaired) electrons. The van der Waals surface area contributed by atoms with Crippen LogP contribution in [0.3, 0.4) is 0 Å². The Labute approximate surface area is 135 Å². The van der Waals surface area contributed by atoms with Crippen molar-refractivity contribution in [2.75, 3.05) is 5.32 Å². The zero-order valence-corrected chi connectivity index (χ0v) is 14.4. The van der Waals surface area contributed by atoms with Gasteiger partial charge in [-0.05, 0) is 45.4 Å². The average molecular weight is 336 g/mol. The molecule has 1 heterocycles. The second-order valence-corrected chi connectivity index (χ2v) is 9.10. The molecule has 0 bridgehead atoms. The minimum absolute atomic E-state index is 0.0817. The van der Waals surface area contributed by atoms with Gasteiger partial charge in [0.1, 0.15) is 0 Å². The molecule has 1 aromatic carbocycles. The van der Waals surface area contributed by atoms with Crippen LogP contribution in [0.25, 0.3) is 0 Å². The van der Waals surface area contributed by atoms with E-state index in [9.17, 15) is 13.2 Å². The SMILES string of the molecule is Cc1cc(C(=O)Nc2cccc(CS(=O)(=O)C(C)(C)C)c2)on1. The summed E-state index contributed by atoms with van der Waals surface area (Å²) in [7, 11) is -3.29. The highest BCUT2D eigenvalue weighted by Crippen LogP contribution is 2.22. The van der Waals surface area contributed by atoms with Crippen molar-refractivity contribution in [2.24, 2.45) is 0 Å². The molecule has 0 fully saturated rings. The summed E-state index contributed by atoms with van der Waals surface area (Å²) in [5.74, 6) is -0.404. The zero-order chi connectivity index (χ0) is 17.3. The van der Waals surface area contributed by atoms with Gasteiger partial charge in [-0.15, -0.1) is 0 Å². The highest BCUT2D eigenvalue weighted by molar-refractivity contribution is 7.91. The number of carbonyl (C=O) groups is 1. The van der Waals surface area contributed by atoms with Crippen molar-refractivity contribution in [2.45, 2.75) is 38.2 Å². The number of anilines is 1. The van der Waals surface area contributed by atoms with Gasteiger partial charge in [0.2, 0.25) is 5.76 Å². The van der Waals surface area contributed by atoms with Gasteiger partial charge in [-0.1, -0.05) is 17.3 Å². The topological polar surface area (TPSA) is 89.3 Å². The van der Waals surface area contributed by atoms with Crippen molar-refractivity contribution in [1.82, 2.24) is 5.16 Å². The number of aryl methyl sites for hydroxylation is 1. The van der Waals surface area contributed by atoms with Gasteiger partial charge in [-0.25, -0.2) is 8.42 Å². The molecule has 7 heteroatoms. The number of hydrogen-bond donors (Lipinski definition) is 1. The lowest BCUT2D eigenvalue weighted by Crippen LogP contribution is -2.29. The number of carbonyl (C=O) groups excluding carboxylic acids is 1. The molecule has 0 unspecified atom stereocenters. The van der Waals surface area contributed by atoms with E-state index in [0.717, 1.165) is 0 Å². The standard InChI is InChI=1S/C16H20N2O4S/c1-11-8-14(22-18-11)15(19)17-13-7-5-6-12(9-13)10-23(20,21)16(2,3)4/h5-9H,10H2,1-4H3,(H,17,19). The summed E-state index contributed by atoms with van der Waals surface area (Å²) in [6.07, 6.45) is 0. The summed E-state index contributed by atoms with van der Waals surface area (Å²) in [5.41, 5.74) is 1.73. The molecule has 23 heavy (non-hydrogen) atoms. The fourth-order valence-corrected chi connectivity index (χ4v) is 2.89. The molecule has 2 rings (SSSR count). The van der Waals surface area contributed by atoms with Gasteiger partial charge < -0.3 is 9.84 Å². The third kappa shape index (κ3) is 4.19. The quantitative estimate of drug-likeness (QED) is 0.927. The lowest BCUT2D eigenvalue weighted by atomic mass is 10.2. The number of benzene rings is 1. The van der Waals surface area contributed by atoms with E-state index in [1.807, 2.05) is 0 Å². The van der Waals surface area contributed by atoms with Gasteiger partial charge in [-0.2, -0.15) is 0 Å². The Bertz CT molecular complexity index is 817. The van der Waals surface area contributed by atoms with Crippen LogP contribution >= 0.6 is 0 Å². The number of sulfone groups is 1. The van der Waals surface area contributed by atoms with Crippen molar-refractivity contribution >= 4 is 21.4 Å². The Morgan fingerprint density at radius 2 is 1.96 bits per heavy atom. The first-order valence-corrected chi connectivity index (χ1v) is 8.80. The van der Waals surface area contributed by atoms with Crippen LogP contribution in [0.15, 0.2) is 34.9 Å². The van der Waals surface area contributed by atoms with Gasteiger partial charge in [0.05, 0.1) is 16.2 Å². The number of aromatic nitrogens is 1. The van der Waals surface area contributed by atoms with Crippen LogP contribution in [0, 0.1) is 6.92 Å². The van der Waals surface area contributed by atoms with E-state index in [1.165, 1.54) is 6.07 Å². The van der Waals surface area contributed by atoms with E-state index in [1.54, 1.807) is 52.0 Å². The maximum atomic E-state index is 12.3. The van der Waals surface area contributed by atoms with E-state index in [0.29, 0.717) is 16.9 Å². The second kappa shape index (κ2) is 6.16. The average Bonchev–Trinajstić information content (AvgIpc) is 2.84. The molecule has 0 saturated heterocycles. The molecule has 0 saturated carbocycles. The molecule has 0 spiro atoms. The molecule has 6 nitrogen and oxygen atoms in total. The Balaban J connectivity index is 2.16. The number of rotatable bonds is 4. The number of nitrogens with zero attached hydrogens (tertiary/aromatic N) is 1. The monoisotopic (exact) mass is 336 g/mol. The van der Waals surface area contributed by atoms with Crippen LogP contribution in [0.4, 0.5) is 5.69 Å². The first kappa shape index (κ1) is 17.2. The molecule has 0 atom stereocenters.